The van der Waals surface area contributed by atoms with Crippen LogP contribution in [0.4, 0.5) is 0 Å². The van der Waals surface area contributed by atoms with Crippen LogP contribution in [0.2, 0.25) is 0 Å². The summed E-state index contributed by atoms with van der Waals surface area (Å²) >= 11 is 0. The fourth-order valence-corrected chi connectivity index (χ4v) is 4.49. The van der Waals surface area contributed by atoms with E-state index in [1.807, 2.05) is 0 Å². The van der Waals surface area contributed by atoms with Gasteiger partial charge >= 0.3 is 0 Å². The fraction of sp³-hybridized carbons (Fsp3) is 0.857. The van der Waals surface area contributed by atoms with Gasteiger partial charge < -0.3 is 14.3 Å². The van der Waals surface area contributed by atoms with Gasteiger partial charge in [0.2, 0.25) is 0 Å². The van der Waals surface area contributed by atoms with Crippen LogP contribution in [0.3, 0.4) is 0 Å². The smallest absolute Gasteiger partial charge is 0.173 e. The van der Waals surface area contributed by atoms with Crippen molar-refractivity contribution in [3.63, 3.8) is 0 Å². The summed E-state index contributed by atoms with van der Waals surface area (Å²) in [4.78, 5) is 11.0. The third-order valence-corrected chi connectivity index (χ3v) is 5.13. The molecule has 0 aromatic carbocycles. The molecule has 3 rings (SSSR count). The molecule has 1 aliphatic heterocycles. The molecular weight excluding hydrogens is 230 g/mol. The van der Waals surface area contributed by atoms with E-state index >= 15 is 0 Å². The van der Waals surface area contributed by atoms with Crippen LogP contribution in [0, 0.1) is 28.6 Å². The second-order valence-corrected chi connectivity index (χ2v) is 5.85. The number of ether oxygens (including phenoxy) is 2. The standard InChI is InChI=1S/C14H19NO3/c15-10-11-2-1-3-13(6-7-16)4-5-14(12(11)13)17-8-9-18-14/h7,11-12H,1-6,8-9H2. The minimum Gasteiger partial charge on any atom is -0.347 e. The number of aldehydes is 1. The Morgan fingerprint density at radius 3 is 2.72 bits per heavy atom. The molecule has 2 aliphatic carbocycles. The van der Waals surface area contributed by atoms with E-state index in [4.69, 9.17) is 9.47 Å². The van der Waals surface area contributed by atoms with Crippen molar-refractivity contribution in [1.82, 2.24) is 0 Å². The highest BCUT2D eigenvalue weighted by atomic mass is 16.7. The molecule has 4 heteroatoms. The predicted octanol–water partition coefficient (Wildman–Crippen LogP) is 2.04. The molecule has 1 heterocycles. The monoisotopic (exact) mass is 249 g/mol. The molecule has 18 heavy (non-hydrogen) atoms. The van der Waals surface area contributed by atoms with Gasteiger partial charge in [-0.2, -0.15) is 5.26 Å². The van der Waals surface area contributed by atoms with Gasteiger partial charge in [-0.25, -0.2) is 0 Å². The third kappa shape index (κ3) is 1.54. The Kier molecular flexibility index (Phi) is 2.91. The maximum absolute atomic E-state index is 11.0. The number of hydrogen-bond donors (Lipinski definition) is 0. The van der Waals surface area contributed by atoms with Gasteiger partial charge in [0.15, 0.2) is 5.79 Å². The fourth-order valence-electron chi connectivity index (χ4n) is 4.49. The number of carbonyl (C=O) groups is 1. The zero-order chi connectivity index (χ0) is 12.6. The first-order chi connectivity index (χ1) is 8.76. The molecule has 1 saturated heterocycles. The van der Waals surface area contributed by atoms with Crippen molar-refractivity contribution in [3.05, 3.63) is 0 Å². The molecule has 3 unspecified atom stereocenters. The van der Waals surface area contributed by atoms with Gasteiger partial charge in [0.05, 0.1) is 25.2 Å². The molecule has 2 saturated carbocycles. The lowest BCUT2D eigenvalue weighted by molar-refractivity contribution is -0.209. The minimum absolute atomic E-state index is 0.0284. The van der Waals surface area contributed by atoms with Crippen LogP contribution in [-0.4, -0.2) is 25.3 Å². The topological polar surface area (TPSA) is 59.3 Å². The van der Waals surface area contributed by atoms with Crippen LogP contribution >= 0.6 is 0 Å². The van der Waals surface area contributed by atoms with E-state index < -0.39 is 5.79 Å². The maximum Gasteiger partial charge on any atom is 0.173 e. The molecule has 0 aromatic rings. The Balaban J connectivity index is 1.98. The second kappa shape index (κ2) is 4.32. The molecule has 3 fully saturated rings. The maximum atomic E-state index is 11.0. The minimum atomic E-state index is -0.566. The van der Waals surface area contributed by atoms with Crippen LogP contribution in [0.5, 0.6) is 0 Å². The highest BCUT2D eigenvalue weighted by Crippen LogP contribution is 2.62. The molecule has 1 spiro atoms. The van der Waals surface area contributed by atoms with Gasteiger partial charge in [-0.05, 0) is 24.7 Å². The summed E-state index contributed by atoms with van der Waals surface area (Å²) in [5.41, 5.74) is -0.0509. The summed E-state index contributed by atoms with van der Waals surface area (Å²) in [6, 6.07) is 2.43. The third-order valence-electron chi connectivity index (χ3n) is 5.13. The van der Waals surface area contributed by atoms with Crippen LogP contribution in [0.15, 0.2) is 0 Å². The Labute approximate surface area is 107 Å². The van der Waals surface area contributed by atoms with Gasteiger partial charge in [0.1, 0.15) is 6.29 Å². The molecule has 4 nitrogen and oxygen atoms in total. The lowest BCUT2D eigenvalue weighted by Gasteiger charge is -2.45. The van der Waals surface area contributed by atoms with Crippen LogP contribution in [-0.2, 0) is 14.3 Å². The van der Waals surface area contributed by atoms with Gasteiger partial charge in [-0.3, -0.25) is 0 Å². The first-order valence-corrected chi connectivity index (χ1v) is 6.87. The van der Waals surface area contributed by atoms with Crippen molar-refractivity contribution in [1.29, 1.82) is 5.26 Å². The van der Waals surface area contributed by atoms with Crippen molar-refractivity contribution < 1.29 is 14.3 Å². The first-order valence-electron chi connectivity index (χ1n) is 6.87. The van der Waals surface area contributed by atoms with E-state index in [-0.39, 0.29) is 17.3 Å². The summed E-state index contributed by atoms with van der Waals surface area (Å²) < 4.78 is 11.8. The zero-order valence-corrected chi connectivity index (χ0v) is 10.6. The Morgan fingerprint density at radius 2 is 2.06 bits per heavy atom. The van der Waals surface area contributed by atoms with Gasteiger partial charge in [-0.1, -0.05) is 6.42 Å². The van der Waals surface area contributed by atoms with Gasteiger partial charge in [0.25, 0.3) is 0 Å². The zero-order valence-electron chi connectivity index (χ0n) is 10.6. The van der Waals surface area contributed by atoms with Crippen molar-refractivity contribution in [2.75, 3.05) is 13.2 Å². The predicted molar refractivity (Wildman–Crippen MR) is 63.4 cm³/mol. The Morgan fingerprint density at radius 1 is 1.28 bits per heavy atom. The number of carbonyl (C=O) groups excluding carboxylic acids is 1. The summed E-state index contributed by atoms with van der Waals surface area (Å²) in [6.07, 6.45) is 6.33. The van der Waals surface area contributed by atoms with Gasteiger partial charge in [0, 0.05) is 18.8 Å². The Bertz CT molecular complexity index is 383. The molecular formula is C14H19NO3. The molecule has 0 aromatic heterocycles. The second-order valence-electron chi connectivity index (χ2n) is 5.85. The lowest BCUT2D eigenvalue weighted by atomic mass is 9.61. The number of nitriles is 1. The molecule has 3 atom stereocenters. The number of hydrogen-bond acceptors (Lipinski definition) is 4. The van der Waals surface area contributed by atoms with Gasteiger partial charge in [-0.15, -0.1) is 0 Å². The van der Waals surface area contributed by atoms with Crippen molar-refractivity contribution >= 4 is 6.29 Å². The molecule has 0 amide bonds. The summed E-state index contributed by atoms with van der Waals surface area (Å²) in [5.74, 6) is -0.514. The summed E-state index contributed by atoms with van der Waals surface area (Å²) in [7, 11) is 0. The number of rotatable bonds is 2. The number of fused-ring (bicyclic) bond motifs is 2. The summed E-state index contributed by atoms with van der Waals surface area (Å²) in [5, 5.41) is 9.42. The Hall–Kier alpha value is -0.920. The molecule has 0 bridgehead atoms. The normalized spacial score (nSPS) is 41.5. The van der Waals surface area contributed by atoms with Crippen LogP contribution < -0.4 is 0 Å². The number of nitrogens with zero attached hydrogens (tertiary/aromatic N) is 1. The summed E-state index contributed by atoms with van der Waals surface area (Å²) in [6.45, 7) is 1.23. The average molecular weight is 249 g/mol. The van der Waals surface area contributed by atoms with E-state index in [1.54, 1.807) is 0 Å². The van der Waals surface area contributed by atoms with E-state index in [1.165, 1.54) is 0 Å². The van der Waals surface area contributed by atoms with E-state index in [2.05, 4.69) is 6.07 Å². The highest BCUT2D eigenvalue weighted by molar-refractivity contribution is 5.51. The van der Waals surface area contributed by atoms with Crippen molar-refractivity contribution in [2.45, 2.75) is 44.3 Å². The van der Waals surface area contributed by atoms with Crippen LogP contribution in [0.1, 0.15) is 38.5 Å². The quantitative estimate of drug-likeness (QED) is 0.703. The molecule has 98 valence electrons. The van der Waals surface area contributed by atoms with Crippen molar-refractivity contribution in [2.24, 2.45) is 17.3 Å². The average Bonchev–Trinajstić information content (AvgIpc) is 2.98. The van der Waals surface area contributed by atoms with E-state index in [9.17, 15) is 10.1 Å². The lowest BCUT2D eigenvalue weighted by Crippen LogP contribution is -2.47. The largest absolute Gasteiger partial charge is 0.347 e. The SMILES string of the molecule is N#CC1CCCC2(CC=O)CCC3(OCCO3)C12. The molecule has 3 aliphatic rings. The van der Waals surface area contributed by atoms with E-state index in [0.29, 0.717) is 19.6 Å². The van der Waals surface area contributed by atoms with Crippen molar-refractivity contribution in [3.8, 4) is 6.07 Å². The molecule has 0 radical (unpaired) electrons. The molecule has 0 N–H and O–H groups in total. The highest BCUT2D eigenvalue weighted by Gasteiger charge is 2.63. The first kappa shape index (κ1) is 12.1. The van der Waals surface area contributed by atoms with Crippen LogP contribution in [0.25, 0.3) is 0 Å². The van der Waals surface area contributed by atoms with E-state index in [0.717, 1.165) is 38.4 Å².